The fourth-order valence-electron chi connectivity index (χ4n) is 2.59. The Morgan fingerprint density at radius 3 is 2.64 bits per heavy atom. The van der Waals surface area contributed by atoms with Gasteiger partial charge in [-0.2, -0.15) is 13.2 Å². The van der Waals surface area contributed by atoms with Crippen LogP contribution in [-0.4, -0.2) is 19.6 Å². The third-order valence-corrected chi connectivity index (χ3v) is 5.24. The first-order valence-corrected chi connectivity index (χ1v) is 9.45. The molecule has 5 nitrogen and oxygen atoms in total. The molecule has 0 unspecified atom stereocenters. The molecule has 0 saturated heterocycles. The third kappa shape index (κ3) is 3.59. The molecule has 0 radical (unpaired) electrons. The van der Waals surface area contributed by atoms with Crippen molar-refractivity contribution in [1.82, 2.24) is 19.6 Å². The molecule has 0 saturated carbocycles. The number of aromatic nitrogens is 4. The summed E-state index contributed by atoms with van der Waals surface area (Å²) >= 11 is 7.14. The topological polar surface area (TPSA) is 56.2 Å². The summed E-state index contributed by atoms with van der Waals surface area (Å²) in [5.41, 5.74) is 0.824. The lowest BCUT2D eigenvalue weighted by atomic mass is 10.2. The van der Waals surface area contributed by atoms with Gasteiger partial charge in [0.15, 0.2) is 10.8 Å². The lowest BCUT2D eigenvalue weighted by Gasteiger charge is -2.08. The molecule has 0 atom stereocenters. The van der Waals surface area contributed by atoms with Crippen LogP contribution in [0.5, 0.6) is 0 Å². The van der Waals surface area contributed by atoms with Crippen LogP contribution in [0.3, 0.4) is 0 Å². The second kappa shape index (κ2) is 7.14. The van der Waals surface area contributed by atoms with Crippen molar-refractivity contribution < 1.29 is 17.6 Å². The van der Waals surface area contributed by atoms with E-state index in [4.69, 9.17) is 16.0 Å². The van der Waals surface area contributed by atoms with Crippen LogP contribution in [0.15, 0.2) is 52.2 Å². The summed E-state index contributed by atoms with van der Waals surface area (Å²) < 4.78 is 46.1. The highest BCUT2D eigenvalue weighted by molar-refractivity contribution is 7.98. The molecule has 4 rings (SSSR count). The number of alkyl halides is 3. The number of halogens is 4. The molecule has 0 amide bonds. The van der Waals surface area contributed by atoms with Crippen LogP contribution in [0.2, 0.25) is 5.02 Å². The van der Waals surface area contributed by atoms with Gasteiger partial charge in [-0.3, -0.25) is 4.40 Å². The van der Waals surface area contributed by atoms with Crippen LogP contribution in [-0.2, 0) is 11.9 Å². The fourth-order valence-corrected chi connectivity index (χ4v) is 3.74. The second-order valence-electron chi connectivity index (χ2n) is 5.93. The minimum Gasteiger partial charge on any atom is -0.441 e. The van der Waals surface area contributed by atoms with Gasteiger partial charge < -0.3 is 4.42 Å². The second-order valence-corrected chi connectivity index (χ2v) is 7.28. The molecule has 28 heavy (non-hydrogen) atoms. The highest BCUT2D eigenvalue weighted by Gasteiger charge is 2.32. The van der Waals surface area contributed by atoms with Gasteiger partial charge in [-0.25, -0.2) is 4.98 Å². The summed E-state index contributed by atoms with van der Waals surface area (Å²) in [6.07, 6.45) is -3.58. The average molecular weight is 425 g/mol. The van der Waals surface area contributed by atoms with Crippen molar-refractivity contribution >= 4 is 29.0 Å². The van der Waals surface area contributed by atoms with Gasteiger partial charge in [0.2, 0.25) is 5.89 Å². The Morgan fingerprint density at radius 2 is 1.93 bits per heavy atom. The zero-order chi connectivity index (χ0) is 19.9. The number of rotatable bonds is 4. The Morgan fingerprint density at radius 1 is 1.18 bits per heavy atom. The lowest BCUT2D eigenvalue weighted by molar-refractivity contribution is -0.137. The van der Waals surface area contributed by atoms with Crippen LogP contribution < -0.4 is 0 Å². The summed E-state index contributed by atoms with van der Waals surface area (Å²) in [7, 11) is 0. The molecule has 0 bridgehead atoms. The molecular formula is C18H12ClF3N4OS. The minimum atomic E-state index is -4.52. The van der Waals surface area contributed by atoms with Crippen LogP contribution in [0.4, 0.5) is 13.2 Å². The molecule has 0 fully saturated rings. The Bertz CT molecular complexity index is 1140. The molecule has 0 aliphatic carbocycles. The van der Waals surface area contributed by atoms with Crippen molar-refractivity contribution in [3.8, 4) is 11.5 Å². The first kappa shape index (κ1) is 18.8. The predicted molar refractivity (Wildman–Crippen MR) is 99.2 cm³/mol. The summed E-state index contributed by atoms with van der Waals surface area (Å²) in [5, 5.41) is 8.00. The molecule has 0 aliphatic heterocycles. The van der Waals surface area contributed by atoms with Gasteiger partial charge in [0.1, 0.15) is 5.76 Å². The van der Waals surface area contributed by atoms with Crippen molar-refractivity contribution in [2.24, 2.45) is 0 Å². The number of hydrogen-bond donors (Lipinski definition) is 0. The summed E-state index contributed by atoms with van der Waals surface area (Å²) in [4.78, 5) is 4.48. The fraction of sp³-hybridized carbons (Fsp3) is 0.167. The van der Waals surface area contributed by atoms with Crippen molar-refractivity contribution in [2.75, 3.05) is 0 Å². The van der Waals surface area contributed by atoms with E-state index in [0.29, 0.717) is 23.1 Å². The van der Waals surface area contributed by atoms with Gasteiger partial charge in [-0.15, -0.1) is 10.2 Å². The monoisotopic (exact) mass is 424 g/mol. The number of aryl methyl sites for hydroxylation is 1. The quantitative estimate of drug-likeness (QED) is 0.396. The molecule has 1 aromatic carbocycles. The normalized spacial score (nSPS) is 12.0. The number of nitrogens with zero attached hydrogens (tertiary/aromatic N) is 4. The molecule has 0 aliphatic rings. The van der Waals surface area contributed by atoms with Crippen LogP contribution in [0.1, 0.15) is 17.0 Å². The van der Waals surface area contributed by atoms with Crippen LogP contribution in [0.25, 0.3) is 17.1 Å². The molecule has 3 aromatic heterocycles. The van der Waals surface area contributed by atoms with Crippen molar-refractivity contribution in [1.29, 1.82) is 0 Å². The Kier molecular flexibility index (Phi) is 4.80. The number of benzene rings is 1. The Hall–Kier alpha value is -2.52. The van der Waals surface area contributed by atoms with Crippen molar-refractivity contribution in [3.05, 3.63) is 64.6 Å². The molecule has 0 N–H and O–H groups in total. The third-order valence-electron chi connectivity index (χ3n) is 4.01. The smallest absolute Gasteiger partial charge is 0.417 e. The predicted octanol–water partition coefficient (Wildman–Crippen LogP) is 5.66. The maximum absolute atomic E-state index is 13.1. The van der Waals surface area contributed by atoms with Crippen LogP contribution in [0, 0.1) is 6.92 Å². The molecule has 0 spiro atoms. The molecule has 4 aromatic rings. The number of oxazole rings is 1. The summed E-state index contributed by atoms with van der Waals surface area (Å²) in [6.45, 7) is 1.79. The molecule has 10 heteroatoms. The van der Waals surface area contributed by atoms with Gasteiger partial charge in [-0.1, -0.05) is 41.6 Å². The number of hydrogen-bond acceptors (Lipinski definition) is 5. The SMILES string of the molecule is Cc1oc(-c2ccccc2)nc1CSc1nnc2c(Cl)cc(C(F)(F)F)cn12. The zero-order valence-corrected chi connectivity index (χ0v) is 15.9. The standard InChI is InChI=1S/C18H12ClF3N4OS/c1-10-14(23-16(27-10)11-5-3-2-4-6-11)9-28-17-25-24-15-13(19)7-12(8-26(15)17)18(20,21)22/h2-8H,9H2,1H3. The first-order chi connectivity index (χ1) is 13.3. The largest absolute Gasteiger partial charge is 0.441 e. The lowest BCUT2D eigenvalue weighted by Crippen LogP contribution is -2.07. The van der Waals surface area contributed by atoms with E-state index in [-0.39, 0.29) is 15.8 Å². The molecule has 144 valence electrons. The van der Waals surface area contributed by atoms with E-state index in [1.54, 1.807) is 6.92 Å². The maximum Gasteiger partial charge on any atom is 0.417 e. The maximum atomic E-state index is 13.1. The number of thioether (sulfide) groups is 1. The highest BCUT2D eigenvalue weighted by Crippen LogP contribution is 2.34. The summed E-state index contributed by atoms with van der Waals surface area (Å²) in [6, 6.07) is 10.3. The van der Waals surface area contributed by atoms with Crippen molar-refractivity contribution in [3.63, 3.8) is 0 Å². The zero-order valence-electron chi connectivity index (χ0n) is 14.4. The van der Waals surface area contributed by atoms with E-state index < -0.39 is 11.7 Å². The van der Waals surface area contributed by atoms with E-state index >= 15 is 0 Å². The van der Waals surface area contributed by atoms with Gasteiger partial charge in [0, 0.05) is 17.5 Å². The van der Waals surface area contributed by atoms with Gasteiger partial charge in [-0.05, 0) is 25.1 Å². The molecule has 3 heterocycles. The van der Waals surface area contributed by atoms with E-state index in [0.717, 1.165) is 17.8 Å². The van der Waals surface area contributed by atoms with E-state index in [2.05, 4.69) is 15.2 Å². The van der Waals surface area contributed by atoms with E-state index in [1.807, 2.05) is 30.3 Å². The minimum absolute atomic E-state index is 0.113. The average Bonchev–Trinajstić information content (AvgIpc) is 3.24. The summed E-state index contributed by atoms with van der Waals surface area (Å²) in [5.74, 6) is 1.48. The van der Waals surface area contributed by atoms with Crippen molar-refractivity contribution in [2.45, 2.75) is 24.0 Å². The van der Waals surface area contributed by atoms with E-state index in [9.17, 15) is 13.2 Å². The number of pyridine rings is 1. The van der Waals surface area contributed by atoms with Gasteiger partial charge >= 0.3 is 6.18 Å². The number of fused-ring (bicyclic) bond motifs is 1. The Labute approximate surface area is 166 Å². The highest BCUT2D eigenvalue weighted by atomic mass is 35.5. The Balaban J connectivity index is 1.61. The molecular weight excluding hydrogens is 413 g/mol. The first-order valence-electron chi connectivity index (χ1n) is 8.09. The van der Waals surface area contributed by atoms with Gasteiger partial charge in [0.25, 0.3) is 0 Å². The van der Waals surface area contributed by atoms with E-state index in [1.165, 1.54) is 16.2 Å². The van der Waals surface area contributed by atoms with Gasteiger partial charge in [0.05, 0.1) is 16.3 Å². The van der Waals surface area contributed by atoms with Crippen LogP contribution >= 0.6 is 23.4 Å².